The molecule has 2 aromatic rings. The molecule has 0 bridgehead atoms. The number of carbonyl (C=O) groups is 1. The number of methoxy groups -OCH3 is 1. The molecule has 0 radical (unpaired) electrons. The molecule has 0 aromatic heterocycles. The first kappa shape index (κ1) is 6.62. The van der Waals surface area contributed by atoms with Crippen molar-refractivity contribution in [3.05, 3.63) is 48.0 Å². The minimum absolute atomic E-state index is 0.0385. The van der Waals surface area contributed by atoms with Crippen molar-refractivity contribution in [3.63, 3.8) is 0 Å². The van der Waals surface area contributed by atoms with Crippen LogP contribution in [0.5, 0.6) is 0 Å². The Morgan fingerprint density at radius 1 is 1.27 bits per heavy atom. The van der Waals surface area contributed by atoms with Crippen LogP contribution in [-0.2, 0) is 16.0 Å². The lowest BCUT2D eigenvalue weighted by Crippen LogP contribution is -2.04. The molecule has 15 heavy (non-hydrogen) atoms. The summed E-state index contributed by atoms with van der Waals surface area (Å²) in [5, 5.41) is 2.09. The number of fused-ring (bicyclic) bond motifs is 1. The average Bonchev–Trinajstić information content (AvgIpc) is 2.26. The van der Waals surface area contributed by atoms with E-state index < -0.39 is 13.0 Å². The van der Waals surface area contributed by atoms with Crippen LogP contribution in [0.15, 0.2) is 42.5 Å². The zero-order chi connectivity index (χ0) is 13.2. The van der Waals surface area contributed by atoms with E-state index in [0.717, 1.165) is 16.3 Å². The predicted octanol–water partition coefficient (Wildman–Crippen LogP) is 2.56. The van der Waals surface area contributed by atoms with Gasteiger partial charge in [0.2, 0.25) is 0 Å². The molecule has 0 atom stereocenters. The Labute approximate surface area is 92.7 Å². The van der Waals surface area contributed by atoms with Crippen LogP contribution < -0.4 is 0 Å². The highest BCUT2D eigenvalue weighted by molar-refractivity contribution is 5.84. The summed E-state index contributed by atoms with van der Waals surface area (Å²) in [6, 6.07) is 13.3. The molecule has 2 rings (SSSR count). The van der Waals surface area contributed by atoms with Gasteiger partial charge in [-0.1, -0.05) is 42.5 Å². The summed E-state index contributed by atoms with van der Waals surface area (Å²) < 4.78 is 24.9. The summed E-state index contributed by atoms with van der Waals surface area (Å²) in [5.74, 6) is -0.745. The SMILES string of the molecule is [3H]C([3H])([3H])OC(=O)Cc1ccc2ccccc2c1. The first-order valence-electron chi connectivity index (χ1n) is 6.13. The number of rotatable bonds is 2. The van der Waals surface area contributed by atoms with Crippen molar-refractivity contribution in [2.45, 2.75) is 6.42 Å². The Hall–Kier alpha value is -1.83. The van der Waals surface area contributed by atoms with Crippen LogP contribution in [0.2, 0.25) is 0 Å². The Morgan fingerprint density at radius 3 is 2.87 bits per heavy atom. The lowest BCUT2D eigenvalue weighted by Gasteiger charge is -2.02. The van der Waals surface area contributed by atoms with Crippen molar-refractivity contribution in [2.75, 3.05) is 7.04 Å². The predicted molar refractivity (Wildman–Crippen MR) is 59.7 cm³/mol. The number of carbonyl (C=O) groups excluding carboxylic acids is 1. The number of ether oxygens (including phenoxy) is 1. The molecule has 2 heteroatoms. The molecule has 0 aliphatic heterocycles. The van der Waals surface area contributed by atoms with E-state index >= 15 is 0 Å². The van der Waals surface area contributed by atoms with Crippen LogP contribution in [0.4, 0.5) is 0 Å². The van der Waals surface area contributed by atoms with Crippen molar-refractivity contribution in [1.82, 2.24) is 0 Å². The molecule has 0 fully saturated rings. The lowest BCUT2D eigenvalue weighted by molar-refractivity contribution is -0.139. The Balaban J connectivity index is 2.15. The fourth-order valence-corrected chi connectivity index (χ4v) is 1.55. The molecule has 0 unspecified atom stereocenters. The molecule has 0 amide bonds. The van der Waals surface area contributed by atoms with E-state index in [2.05, 4.69) is 4.74 Å². The summed E-state index contributed by atoms with van der Waals surface area (Å²) in [7, 11) is -2.67. The average molecular weight is 206 g/mol. The monoisotopic (exact) mass is 206 g/mol. The van der Waals surface area contributed by atoms with Gasteiger partial charge in [0.1, 0.15) is 0 Å². The topological polar surface area (TPSA) is 26.3 Å². The third kappa shape index (κ3) is 2.15. The van der Waals surface area contributed by atoms with E-state index in [1.807, 2.05) is 36.4 Å². The van der Waals surface area contributed by atoms with Gasteiger partial charge in [0, 0.05) is 0 Å². The van der Waals surface area contributed by atoms with Crippen LogP contribution in [0.25, 0.3) is 10.8 Å². The number of hydrogen-bond acceptors (Lipinski definition) is 2. The normalized spacial score (nSPS) is 14.0. The van der Waals surface area contributed by atoms with Crippen molar-refractivity contribution in [2.24, 2.45) is 0 Å². The van der Waals surface area contributed by atoms with E-state index in [1.165, 1.54) is 0 Å². The molecular formula is C13H12O2. The van der Waals surface area contributed by atoms with Gasteiger partial charge in [0.05, 0.1) is 17.6 Å². The first-order valence-corrected chi connectivity index (χ1v) is 4.63. The summed E-state index contributed by atoms with van der Waals surface area (Å²) in [6.07, 6.45) is -0.0385. The van der Waals surface area contributed by atoms with Crippen LogP contribution in [0.3, 0.4) is 0 Å². The molecular weight excluding hydrogens is 188 g/mol. The van der Waals surface area contributed by atoms with Gasteiger partial charge in [0.15, 0.2) is 0 Å². The van der Waals surface area contributed by atoms with E-state index in [0.29, 0.717) is 0 Å². The quantitative estimate of drug-likeness (QED) is 0.706. The van der Waals surface area contributed by atoms with Crippen molar-refractivity contribution in [1.29, 1.82) is 0 Å². The Morgan fingerprint density at radius 2 is 2.07 bits per heavy atom. The third-order valence-electron chi connectivity index (χ3n) is 2.28. The molecule has 0 spiro atoms. The van der Waals surface area contributed by atoms with Gasteiger partial charge in [0.25, 0.3) is 0 Å². The van der Waals surface area contributed by atoms with Gasteiger partial charge in [-0.25, -0.2) is 0 Å². The van der Waals surface area contributed by atoms with E-state index in [9.17, 15) is 4.79 Å². The Bertz CT molecular complexity index is 576. The van der Waals surface area contributed by atoms with Gasteiger partial charge in [-0.2, -0.15) is 0 Å². The molecule has 0 aliphatic carbocycles. The minimum Gasteiger partial charge on any atom is -0.469 e. The van der Waals surface area contributed by atoms with Gasteiger partial charge < -0.3 is 4.74 Å². The summed E-state index contributed by atoms with van der Waals surface area (Å²) in [6.45, 7) is 0. The van der Waals surface area contributed by atoms with E-state index in [-0.39, 0.29) is 6.42 Å². The zero-order valence-corrected chi connectivity index (χ0v) is 8.07. The maximum Gasteiger partial charge on any atom is 0.309 e. The number of hydrogen-bond donors (Lipinski definition) is 0. The molecule has 0 heterocycles. The fourth-order valence-electron chi connectivity index (χ4n) is 1.55. The first-order chi connectivity index (χ1) is 8.44. The standard InChI is InChI=1S/C13H12O2/c1-15-13(14)9-10-6-7-11-4-2-3-5-12(11)8-10/h2-8H,9H2,1H3/i1T3. The summed E-state index contributed by atoms with van der Waals surface area (Å²) in [5.41, 5.74) is 0.739. The van der Waals surface area contributed by atoms with E-state index in [4.69, 9.17) is 4.11 Å². The number of benzene rings is 2. The number of esters is 1. The third-order valence-corrected chi connectivity index (χ3v) is 2.28. The smallest absolute Gasteiger partial charge is 0.309 e. The highest BCUT2D eigenvalue weighted by Crippen LogP contribution is 2.15. The van der Waals surface area contributed by atoms with Crippen LogP contribution in [0, 0.1) is 0 Å². The van der Waals surface area contributed by atoms with Crippen LogP contribution in [0.1, 0.15) is 9.68 Å². The highest BCUT2D eigenvalue weighted by Gasteiger charge is 2.02. The fraction of sp³-hybridized carbons (Fsp3) is 0.154. The summed E-state index contributed by atoms with van der Waals surface area (Å²) >= 11 is 0. The molecule has 2 nitrogen and oxygen atoms in total. The van der Waals surface area contributed by atoms with Gasteiger partial charge >= 0.3 is 5.97 Å². The molecule has 76 valence electrons. The molecule has 0 saturated heterocycles. The maximum absolute atomic E-state index is 11.4. The Kier molecular flexibility index (Phi) is 1.82. The van der Waals surface area contributed by atoms with Crippen molar-refractivity contribution < 1.29 is 13.6 Å². The minimum atomic E-state index is -2.67. The van der Waals surface area contributed by atoms with Crippen LogP contribution >= 0.6 is 0 Å². The zero-order valence-electron chi connectivity index (χ0n) is 11.1. The second-order valence-electron chi connectivity index (χ2n) is 3.33. The maximum atomic E-state index is 11.4. The highest BCUT2D eigenvalue weighted by atomic mass is 16.5. The molecule has 2 aromatic carbocycles. The molecule has 0 saturated carbocycles. The van der Waals surface area contributed by atoms with Gasteiger partial charge in [-0.3, -0.25) is 4.79 Å². The summed E-state index contributed by atoms with van der Waals surface area (Å²) in [4.78, 5) is 11.4. The van der Waals surface area contributed by atoms with Crippen molar-refractivity contribution in [3.8, 4) is 0 Å². The van der Waals surface area contributed by atoms with Crippen LogP contribution in [-0.4, -0.2) is 13.0 Å². The lowest BCUT2D eigenvalue weighted by atomic mass is 10.1. The molecule has 0 aliphatic rings. The molecule has 0 N–H and O–H groups in total. The van der Waals surface area contributed by atoms with Crippen molar-refractivity contribution >= 4 is 16.7 Å². The van der Waals surface area contributed by atoms with Gasteiger partial charge in [-0.15, -0.1) is 0 Å². The van der Waals surface area contributed by atoms with Gasteiger partial charge in [-0.05, 0) is 16.3 Å². The second kappa shape index (κ2) is 4.13. The largest absolute Gasteiger partial charge is 0.469 e. The van der Waals surface area contributed by atoms with E-state index in [1.54, 1.807) is 6.07 Å². The second-order valence-corrected chi connectivity index (χ2v) is 3.33.